The summed E-state index contributed by atoms with van der Waals surface area (Å²) in [4.78, 5) is 0. The number of hydrogen-bond acceptors (Lipinski definition) is 2. The van der Waals surface area contributed by atoms with Crippen molar-refractivity contribution >= 4 is 11.6 Å². The summed E-state index contributed by atoms with van der Waals surface area (Å²) in [5.74, 6) is 0.659. The lowest BCUT2D eigenvalue weighted by atomic mass is 10.2. The van der Waals surface area contributed by atoms with E-state index in [1.165, 1.54) is 0 Å². The Labute approximate surface area is 83.0 Å². The normalized spacial score (nSPS) is 9.69. The third-order valence-corrected chi connectivity index (χ3v) is 1.91. The molecule has 0 aliphatic rings. The van der Waals surface area contributed by atoms with Crippen LogP contribution >= 0.6 is 11.6 Å². The van der Waals surface area contributed by atoms with Gasteiger partial charge in [0.05, 0.1) is 5.02 Å². The second-order valence-corrected chi connectivity index (χ2v) is 2.94. The predicted molar refractivity (Wildman–Crippen MR) is 55.0 cm³/mol. The highest BCUT2D eigenvalue weighted by Crippen LogP contribution is 2.28. The molecule has 0 unspecified atom stereocenters. The minimum atomic E-state index is 0.424. The quantitative estimate of drug-likeness (QED) is 0.753. The molecule has 0 aliphatic heterocycles. The lowest BCUT2D eigenvalue weighted by Crippen LogP contribution is -2.02. The van der Waals surface area contributed by atoms with Crippen LogP contribution in [0.2, 0.25) is 5.02 Å². The maximum atomic E-state index is 5.93. The Balaban J connectivity index is 2.93. The van der Waals surface area contributed by atoms with Crippen LogP contribution in [0.1, 0.15) is 5.56 Å². The Morgan fingerprint density at radius 2 is 2.31 bits per heavy atom. The van der Waals surface area contributed by atoms with Crippen LogP contribution in [0.25, 0.3) is 0 Å². The molecule has 0 heterocycles. The third-order valence-electron chi connectivity index (χ3n) is 1.61. The highest BCUT2D eigenvalue weighted by molar-refractivity contribution is 6.32. The molecular weight excluding hydrogens is 186 g/mol. The Kier molecular flexibility index (Phi) is 3.80. The Morgan fingerprint density at radius 1 is 1.54 bits per heavy atom. The monoisotopic (exact) mass is 197 g/mol. The first-order valence-corrected chi connectivity index (χ1v) is 4.38. The highest BCUT2D eigenvalue weighted by atomic mass is 35.5. The number of nitrogens with two attached hydrogens (primary N) is 1. The van der Waals surface area contributed by atoms with Crippen LogP contribution in [-0.4, -0.2) is 6.61 Å². The lowest BCUT2D eigenvalue weighted by Gasteiger charge is -2.09. The predicted octanol–water partition coefficient (Wildman–Crippen LogP) is 2.36. The topological polar surface area (TPSA) is 35.2 Å². The van der Waals surface area contributed by atoms with Gasteiger partial charge in [0.25, 0.3) is 0 Å². The third kappa shape index (κ3) is 2.47. The average Bonchev–Trinajstić information content (AvgIpc) is 2.15. The van der Waals surface area contributed by atoms with Gasteiger partial charge in [-0.15, -0.1) is 0 Å². The standard InChI is InChI=1S/C10H12ClNO/c1-2-6-13-10-8(7-12)4-3-5-9(10)11/h2-5H,1,6-7,12H2. The number of benzene rings is 1. The fourth-order valence-corrected chi connectivity index (χ4v) is 1.27. The van der Waals surface area contributed by atoms with Gasteiger partial charge in [0, 0.05) is 12.1 Å². The van der Waals surface area contributed by atoms with E-state index in [0.717, 1.165) is 5.56 Å². The van der Waals surface area contributed by atoms with Crippen molar-refractivity contribution in [1.29, 1.82) is 0 Å². The van der Waals surface area contributed by atoms with Crippen molar-refractivity contribution in [2.45, 2.75) is 6.54 Å². The summed E-state index contributed by atoms with van der Waals surface area (Å²) in [6, 6.07) is 5.52. The van der Waals surface area contributed by atoms with E-state index >= 15 is 0 Å². The Bertz CT molecular complexity index is 299. The molecule has 2 nitrogen and oxygen atoms in total. The molecule has 0 spiro atoms. The van der Waals surface area contributed by atoms with Crippen molar-refractivity contribution in [1.82, 2.24) is 0 Å². The first kappa shape index (κ1) is 10.1. The summed E-state index contributed by atoms with van der Waals surface area (Å²) in [5.41, 5.74) is 6.44. The SMILES string of the molecule is C=CCOc1c(Cl)cccc1CN. The van der Waals surface area contributed by atoms with Gasteiger partial charge in [-0.1, -0.05) is 36.4 Å². The number of halogens is 1. The van der Waals surface area contributed by atoms with Gasteiger partial charge < -0.3 is 10.5 Å². The van der Waals surface area contributed by atoms with Crippen LogP contribution in [-0.2, 0) is 6.54 Å². The van der Waals surface area contributed by atoms with E-state index in [9.17, 15) is 0 Å². The van der Waals surface area contributed by atoms with Crippen molar-refractivity contribution in [3.63, 3.8) is 0 Å². The second kappa shape index (κ2) is 4.90. The summed E-state index contributed by atoms with van der Waals surface area (Å²) in [6.07, 6.45) is 1.67. The zero-order valence-corrected chi connectivity index (χ0v) is 8.05. The zero-order chi connectivity index (χ0) is 9.68. The van der Waals surface area contributed by atoms with E-state index in [2.05, 4.69) is 6.58 Å². The highest BCUT2D eigenvalue weighted by Gasteiger charge is 2.05. The molecule has 2 N–H and O–H groups in total. The molecule has 13 heavy (non-hydrogen) atoms. The maximum Gasteiger partial charge on any atom is 0.142 e. The van der Waals surface area contributed by atoms with Gasteiger partial charge in [-0.2, -0.15) is 0 Å². The van der Waals surface area contributed by atoms with Gasteiger partial charge in [0.2, 0.25) is 0 Å². The molecule has 0 amide bonds. The molecule has 0 saturated heterocycles. The Morgan fingerprint density at radius 3 is 2.92 bits per heavy atom. The molecule has 1 aromatic carbocycles. The molecule has 0 radical (unpaired) electrons. The van der Waals surface area contributed by atoms with E-state index in [1.54, 1.807) is 12.1 Å². The van der Waals surface area contributed by atoms with Crippen LogP contribution in [0.3, 0.4) is 0 Å². The molecular formula is C10H12ClNO. The van der Waals surface area contributed by atoms with E-state index < -0.39 is 0 Å². The number of ether oxygens (including phenoxy) is 1. The van der Waals surface area contributed by atoms with E-state index in [-0.39, 0.29) is 0 Å². The van der Waals surface area contributed by atoms with E-state index in [4.69, 9.17) is 22.1 Å². The van der Waals surface area contributed by atoms with Gasteiger partial charge in [0.15, 0.2) is 0 Å². The molecule has 0 bridgehead atoms. The molecule has 1 aromatic rings. The molecule has 0 saturated carbocycles. The van der Waals surface area contributed by atoms with Crippen LogP contribution in [0.4, 0.5) is 0 Å². The van der Waals surface area contributed by atoms with Gasteiger partial charge in [-0.3, -0.25) is 0 Å². The van der Waals surface area contributed by atoms with Gasteiger partial charge in [-0.05, 0) is 6.07 Å². The largest absolute Gasteiger partial charge is 0.488 e. The first-order valence-electron chi connectivity index (χ1n) is 4.00. The van der Waals surface area contributed by atoms with Crippen molar-refractivity contribution < 1.29 is 4.74 Å². The van der Waals surface area contributed by atoms with Crippen LogP contribution < -0.4 is 10.5 Å². The number of rotatable bonds is 4. The van der Waals surface area contributed by atoms with Crippen molar-refractivity contribution in [3.8, 4) is 5.75 Å². The summed E-state index contributed by atoms with van der Waals surface area (Å²) in [6.45, 7) is 4.43. The summed E-state index contributed by atoms with van der Waals surface area (Å²) < 4.78 is 5.38. The van der Waals surface area contributed by atoms with Gasteiger partial charge in [0.1, 0.15) is 12.4 Å². The molecule has 0 aliphatic carbocycles. The number of hydrogen-bond donors (Lipinski definition) is 1. The summed E-state index contributed by atoms with van der Waals surface area (Å²) >= 11 is 5.93. The van der Waals surface area contributed by atoms with Crippen LogP contribution in [0.5, 0.6) is 5.75 Å². The van der Waals surface area contributed by atoms with Gasteiger partial charge in [-0.25, -0.2) is 0 Å². The summed E-state index contributed by atoms with van der Waals surface area (Å²) in [5, 5.41) is 0.588. The van der Waals surface area contributed by atoms with Gasteiger partial charge >= 0.3 is 0 Å². The smallest absolute Gasteiger partial charge is 0.142 e. The minimum Gasteiger partial charge on any atom is -0.488 e. The molecule has 70 valence electrons. The molecule has 1 rings (SSSR count). The molecule has 3 heteroatoms. The zero-order valence-electron chi connectivity index (χ0n) is 7.29. The average molecular weight is 198 g/mol. The number of para-hydroxylation sites is 1. The van der Waals surface area contributed by atoms with Crippen molar-refractivity contribution in [2.75, 3.05) is 6.61 Å². The van der Waals surface area contributed by atoms with Crippen molar-refractivity contribution in [3.05, 3.63) is 41.4 Å². The molecule has 0 atom stereocenters. The minimum absolute atomic E-state index is 0.424. The lowest BCUT2D eigenvalue weighted by molar-refractivity contribution is 0.359. The molecule has 0 aromatic heterocycles. The summed E-state index contributed by atoms with van der Waals surface area (Å²) in [7, 11) is 0. The maximum absolute atomic E-state index is 5.93. The Hall–Kier alpha value is -0.990. The fourth-order valence-electron chi connectivity index (χ4n) is 1.02. The van der Waals surface area contributed by atoms with Crippen LogP contribution in [0.15, 0.2) is 30.9 Å². The van der Waals surface area contributed by atoms with Crippen molar-refractivity contribution in [2.24, 2.45) is 5.73 Å². The fraction of sp³-hybridized carbons (Fsp3) is 0.200. The van der Waals surface area contributed by atoms with Crippen LogP contribution in [0, 0.1) is 0 Å². The second-order valence-electron chi connectivity index (χ2n) is 2.53. The molecule has 0 fully saturated rings. The first-order chi connectivity index (χ1) is 6.29. The van der Waals surface area contributed by atoms with E-state index in [0.29, 0.717) is 23.9 Å². The van der Waals surface area contributed by atoms with E-state index in [1.807, 2.05) is 12.1 Å².